The van der Waals surface area contributed by atoms with Crippen LogP contribution in [0.1, 0.15) is 31.1 Å². The number of benzene rings is 1. The average Bonchev–Trinajstić information content (AvgIpc) is 2.22. The van der Waals surface area contributed by atoms with E-state index in [0.29, 0.717) is 0 Å². The monoisotopic (exact) mass is 252 g/mol. The predicted molar refractivity (Wildman–Crippen MR) is 66.4 cm³/mol. The van der Waals surface area contributed by atoms with Crippen LogP contribution in [0.2, 0.25) is 0 Å². The third kappa shape index (κ3) is 3.44. The smallest absolute Gasteiger partial charge is 0.184 e. The topological polar surface area (TPSA) is 90.2 Å². The molecule has 0 bridgehead atoms. The quantitative estimate of drug-likeness (QED) is 0.486. The number of nitroso groups, excluding NO2 is 1. The lowest BCUT2D eigenvalue weighted by Crippen LogP contribution is -2.40. The zero-order chi connectivity index (χ0) is 13.9. The second-order valence-corrected chi connectivity index (χ2v) is 4.97. The van der Waals surface area contributed by atoms with Crippen LogP contribution in [-0.4, -0.2) is 33.1 Å². The number of aromatic hydroxyl groups is 2. The molecule has 2 N–H and O–H groups in total. The molecule has 0 heterocycles. The average molecular weight is 252 g/mol. The van der Waals surface area contributed by atoms with Crippen LogP contribution in [0.5, 0.6) is 11.5 Å². The van der Waals surface area contributed by atoms with Crippen molar-refractivity contribution in [3.63, 3.8) is 0 Å². The molecule has 0 aliphatic heterocycles. The van der Waals surface area contributed by atoms with Gasteiger partial charge in [-0.25, -0.2) is 5.01 Å². The summed E-state index contributed by atoms with van der Waals surface area (Å²) >= 11 is 0. The molecule has 0 atom stereocenters. The maximum Gasteiger partial charge on any atom is 0.184 e. The molecule has 0 fully saturated rings. The summed E-state index contributed by atoms with van der Waals surface area (Å²) < 4.78 is 0. The van der Waals surface area contributed by atoms with Crippen molar-refractivity contribution < 1.29 is 15.0 Å². The van der Waals surface area contributed by atoms with Crippen molar-refractivity contribution in [1.82, 2.24) is 5.01 Å². The molecule has 1 aromatic rings. The van der Waals surface area contributed by atoms with Gasteiger partial charge in [0.05, 0.1) is 10.8 Å². The minimum atomic E-state index is -0.573. The molecule has 0 saturated heterocycles. The van der Waals surface area contributed by atoms with Gasteiger partial charge in [-0.3, -0.25) is 4.79 Å². The first-order valence-corrected chi connectivity index (χ1v) is 5.41. The SMILES string of the molecule is CC(C)(C)N(CC(=O)c1cc(O)cc(O)c1)N=O. The van der Waals surface area contributed by atoms with Crippen LogP contribution in [-0.2, 0) is 0 Å². The number of ketones is 1. The summed E-state index contributed by atoms with van der Waals surface area (Å²) in [6.45, 7) is 5.04. The molecule has 1 rings (SSSR count). The minimum Gasteiger partial charge on any atom is -0.508 e. The summed E-state index contributed by atoms with van der Waals surface area (Å²) in [5.41, 5.74) is -0.443. The molecule has 0 amide bonds. The van der Waals surface area contributed by atoms with E-state index in [4.69, 9.17) is 0 Å². The third-order valence-corrected chi connectivity index (χ3v) is 2.39. The van der Waals surface area contributed by atoms with Gasteiger partial charge in [0, 0.05) is 11.6 Å². The van der Waals surface area contributed by atoms with E-state index in [1.54, 1.807) is 20.8 Å². The fourth-order valence-corrected chi connectivity index (χ4v) is 1.37. The maximum absolute atomic E-state index is 11.9. The van der Waals surface area contributed by atoms with Gasteiger partial charge in [-0.1, -0.05) is 0 Å². The summed E-state index contributed by atoms with van der Waals surface area (Å²) in [7, 11) is 0. The Morgan fingerprint density at radius 3 is 2.11 bits per heavy atom. The number of nitrogens with zero attached hydrogens (tertiary/aromatic N) is 2. The van der Waals surface area contributed by atoms with Gasteiger partial charge in [-0.2, -0.15) is 0 Å². The highest BCUT2D eigenvalue weighted by molar-refractivity contribution is 5.98. The Labute approximate surface area is 105 Å². The molecule has 0 saturated carbocycles. The van der Waals surface area contributed by atoms with Gasteiger partial charge in [-0.05, 0) is 32.9 Å². The molecule has 0 aromatic heterocycles. The molecule has 18 heavy (non-hydrogen) atoms. The van der Waals surface area contributed by atoms with Crippen molar-refractivity contribution in [3.8, 4) is 11.5 Å². The van der Waals surface area contributed by atoms with Crippen molar-refractivity contribution >= 4 is 5.78 Å². The Bertz CT molecular complexity index is 445. The van der Waals surface area contributed by atoms with Crippen LogP contribution in [0.15, 0.2) is 23.5 Å². The molecule has 0 aliphatic rings. The number of rotatable bonds is 4. The first-order chi connectivity index (χ1) is 8.24. The Hall–Kier alpha value is -2.11. The second kappa shape index (κ2) is 5.03. The van der Waals surface area contributed by atoms with E-state index in [9.17, 15) is 19.9 Å². The Balaban J connectivity index is 2.91. The lowest BCUT2D eigenvalue weighted by molar-refractivity contribution is 0.0818. The zero-order valence-corrected chi connectivity index (χ0v) is 10.5. The highest BCUT2D eigenvalue weighted by Gasteiger charge is 2.24. The van der Waals surface area contributed by atoms with Crippen molar-refractivity contribution in [2.45, 2.75) is 26.3 Å². The number of Topliss-reactive ketones (excluding diaryl/α,β-unsaturated/α-hetero) is 1. The Morgan fingerprint density at radius 1 is 1.22 bits per heavy atom. The zero-order valence-electron chi connectivity index (χ0n) is 10.5. The summed E-state index contributed by atoms with van der Waals surface area (Å²) in [5.74, 6) is -0.824. The van der Waals surface area contributed by atoms with E-state index >= 15 is 0 Å². The van der Waals surface area contributed by atoms with Crippen molar-refractivity contribution in [2.24, 2.45) is 5.29 Å². The second-order valence-electron chi connectivity index (χ2n) is 4.97. The van der Waals surface area contributed by atoms with Crippen molar-refractivity contribution in [2.75, 3.05) is 6.54 Å². The van der Waals surface area contributed by atoms with Gasteiger partial charge < -0.3 is 10.2 Å². The van der Waals surface area contributed by atoms with E-state index in [1.807, 2.05) is 0 Å². The summed E-state index contributed by atoms with van der Waals surface area (Å²) in [4.78, 5) is 22.6. The van der Waals surface area contributed by atoms with Gasteiger partial charge in [-0.15, -0.1) is 4.91 Å². The van der Waals surface area contributed by atoms with Gasteiger partial charge >= 0.3 is 0 Å². The molecular formula is C12H16N2O4. The molecule has 6 heteroatoms. The highest BCUT2D eigenvalue weighted by atomic mass is 16.3. The predicted octanol–water partition coefficient (Wildman–Crippen LogP) is 2.06. The largest absolute Gasteiger partial charge is 0.508 e. The fraction of sp³-hybridized carbons (Fsp3) is 0.417. The first-order valence-electron chi connectivity index (χ1n) is 5.41. The molecule has 0 radical (unpaired) electrons. The lowest BCUT2D eigenvalue weighted by Gasteiger charge is -2.29. The lowest BCUT2D eigenvalue weighted by atomic mass is 10.1. The van der Waals surface area contributed by atoms with E-state index in [-0.39, 0.29) is 23.6 Å². The fourth-order valence-electron chi connectivity index (χ4n) is 1.37. The molecule has 0 spiro atoms. The van der Waals surface area contributed by atoms with E-state index in [2.05, 4.69) is 5.29 Å². The van der Waals surface area contributed by atoms with E-state index < -0.39 is 11.3 Å². The van der Waals surface area contributed by atoms with Crippen molar-refractivity contribution in [1.29, 1.82) is 0 Å². The van der Waals surface area contributed by atoms with Gasteiger partial charge in [0.2, 0.25) is 0 Å². The van der Waals surface area contributed by atoms with Crippen LogP contribution < -0.4 is 0 Å². The summed E-state index contributed by atoms with van der Waals surface area (Å²) in [5, 5.41) is 22.5. The molecule has 0 aliphatic carbocycles. The van der Waals surface area contributed by atoms with Crippen LogP contribution in [0, 0.1) is 4.91 Å². The summed E-state index contributed by atoms with van der Waals surface area (Å²) in [6.07, 6.45) is 0. The van der Waals surface area contributed by atoms with E-state index in [1.165, 1.54) is 12.1 Å². The Kier molecular flexibility index (Phi) is 3.90. The van der Waals surface area contributed by atoms with Gasteiger partial charge in [0.25, 0.3) is 0 Å². The number of carbonyl (C=O) groups excluding carboxylic acids is 1. The van der Waals surface area contributed by atoms with Crippen LogP contribution >= 0.6 is 0 Å². The third-order valence-electron chi connectivity index (χ3n) is 2.39. The van der Waals surface area contributed by atoms with Gasteiger partial charge in [0.1, 0.15) is 18.0 Å². The molecule has 98 valence electrons. The van der Waals surface area contributed by atoms with Gasteiger partial charge in [0.15, 0.2) is 5.78 Å². The maximum atomic E-state index is 11.9. The van der Waals surface area contributed by atoms with Crippen LogP contribution in [0.4, 0.5) is 0 Å². The van der Waals surface area contributed by atoms with Crippen LogP contribution in [0.25, 0.3) is 0 Å². The normalized spacial score (nSPS) is 11.1. The summed E-state index contributed by atoms with van der Waals surface area (Å²) in [6, 6.07) is 3.58. The van der Waals surface area contributed by atoms with Crippen LogP contribution in [0.3, 0.4) is 0 Å². The first kappa shape index (κ1) is 14.0. The number of phenols is 2. The molecular weight excluding hydrogens is 236 g/mol. The number of phenolic OH excluding ortho intramolecular Hbond substituents is 2. The number of hydrogen-bond acceptors (Lipinski definition) is 5. The van der Waals surface area contributed by atoms with Crippen molar-refractivity contribution in [3.05, 3.63) is 28.7 Å². The van der Waals surface area contributed by atoms with E-state index in [0.717, 1.165) is 11.1 Å². The molecule has 1 aromatic carbocycles. The molecule has 0 unspecified atom stereocenters. The standard InChI is InChI=1S/C12H16N2O4/c1-12(2,3)14(13-18)7-11(17)8-4-9(15)6-10(16)5-8/h4-6,15-16H,7H2,1-3H3. The number of hydrogen-bond donors (Lipinski definition) is 2. The Morgan fingerprint density at radius 2 is 1.72 bits per heavy atom. The number of carbonyl (C=O) groups is 1. The minimum absolute atomic E-state index is 0.130. The highest BCUT2D eigenvalue weighted by Crippen LogP contribution is 2.22. The molecule has 6 nitrogen and oxygen atoms in total.